The molecule has 0 unspecified atom stereocenters. The average Bonchev–Trinajstić information content (AvgIpc) is 2.63. The van der Waals surface area contributed by atoms with Crippen LogP contribution in [0.2, 0.25) is 0 Å². The van der Waals surface area contributed by atoms with Gasteiger partial charge in [-0.15, -0.1) is 0 Å². The fraction of sp³-hybridized carbons (Fsp3) is 0.333. The highest BCUT2D eigenvalue weighted by Gasteiger charge is 2.36. The molecule has 1 atom stereocenters. The number of piperazine rings is 1. The van der Waals surface area contributed by atoms with E-state index in [4.69, 9.17) is 0 Å². The monoisotopic (exact) mass is 390 g/mol. The molecule has 0 N–H and O–H groups in total. The third-order valence-corrected chi connectivity index (χ3v) is 5.02. The molecule has 1 saturated heterocycles. The third-order valence-electron chi connectivity index (χ3n) is 5.02. The van der Waals surface area contributed by atoms with E-state index in [1.807, 2.05) is 32.0 Å². The minimum Gasteiger partial charge on any atom is -0.325 e. The van der Waals surface area contributed by atoms with Gasteiger partial charge in [0.25, 0.3) is 5.91 Å². The van der Waals surface area contributed by atoms with Gasteiger partial charge in [-0.2, -0.15) is 13.2 Å². The van der Waals surface area contributed by atoms with E-state index in [-0.39, 0.29) is 11.5 Å². The number of hydrogen-bond donors (Lipinski definition) is 0. The molecule has 7 heteroatoms. The lowest BCUT2D eigenvalue weighted by molar-refractivity contribution is -0.137. The number of carbonyl (C=O) groups is 2. The van der Waals surface area contributed by atoms with Gasteiger partial charge in [0.15, 0.2) is 0 Å². The number of halogens is 3. The van der Waals surface area contributed by atoms with Crippen molar-refractivity contribution in [2.45, 2.75) is 33.0 Å². The molecular weight excluding hydrogens is 369 g/mol. The van der Waals surface area contributed by atoms with Crippen molar-refractivity contribution in [3.63, 3.8) is 0 Å². The summed E-state index contributed by atoms with van der Waals surface area (Å²) in [5.41, 5.74) is 2.20. The van der Waals surface area contributed by atoms with Crippen molar-refractivity contribution >= 4 is 17.5 Å². The quantitative estimate of drug-likeness (QED) is 0.771. The van der Waals surface area contributed by atoms with Crippen LogP contribution in [0.5, 0.6) is 0 Å². The first kappa shape index (κ1) is 19.9. The minimum atomic E-state index is -4.46. The molecule has 1 aliphatic heterocycles. The van der Waals surface area contributed by atoms with Crippen molar-refractivity contribution < 1.29 is 22.8 Å². The van der Waals surface area contributed by atoms with E-state index in [1.165, 1.54) is 4.90 Å². The van der Waals surface area contributed by atoms with Crippen molar-refractivity contribution in [2.24, 2.45) is 0 Å². The van der Waals surface area contributed by atoms with Gasteiger partial charge in [-0.3, -0.25) is 9.59 Å². The van der Waals surface area contributed by atoms with Crippen LogP contribution < -0.4 is 4.90 Å². The molecule has 1 aliphatic rings. The van der Waals surface area contributed by atoms with Crippen molar-refractivity contribution in [2.75, 3.05) is 18.0 Å². The van der Waals surface area contributed by atoms with E-state index in [2.05, 4.69) is 0 Å². The predicted molar refractivity (Wildman–Crippen MR) is 100 cm³/mol. The van der Waals surface area contributed by atoms with Gasteiger partial charge in [-0.1, -0.05) is 17.7 Å². The number of rotatable bonds is 2. The lowest BCUT2D eigenvalue weighted by atomic mass is 10.0. The summed E-state index contributed by atoms with van der Waals surface area (Å²) in [5, 5.41) is 0. The van der Waals surface area contributed by atoms with Gasteiger partial charge in [-0.25, -0.2) is 0 Å². The topological polar surface area (TPSA) is 40.6 Å². The first-order chi connectivity index (χ1) is 13.1. The number of alkyl halides is 3. The molecule has 2 amide bonds. The second kappa shape index (κ2) is 7.30. The second-order valence-corrected chi connectivity index (χ2v) is 7.03. The molecule has 0 saturated carbocycles. The van der Waals surface area contributed by atoms with Crippen molar-refractivity contribution in [1.29, 1.82) is 0 Å². The highest BCUT2D eigenvalue weighted by atomic mass is 19.4. The standard InChI is InChI=1S/C21H21F3N2O2/c1-13-4-9-18(14(2)12-13)26-11-10-25(15(3)19(26)27)20(28)16-5-7-17(8-6-16)21(22,23)24/h4-9,12,15H,10-11H2,1-3H3/t15-/m1/s1. The van der Waals surface area contributed by atoms with Crippen molar-refractivity contribution in [1.82, 2.24) is 4.90 Å². The van der Waals surface area contributed by atoms with Crippen LogP contribution in [0.4, 0.5) is 18.9 Å². The highest BCUT2D eigenvalue weighted by molar-refractivity contribution is 6.03. The summed E-state index contributed by atoms with van der Waals surface area (Å²) in [6, 6.07) is 9.18. The van der Waals surface area contributed by atoms with E-state index in [9.17, 15) is 22.8 Å². The van der Waals surface area contributed by atoms with E-state index in [0.717, 1.165) is 41.1 Å². The minimum absolute atomic E-state index is 0.132. The molecule has 3 rings (SSSR count). The van der Waals surface area contributed by atoms with Gasteiger partial charge in [0, 0.05) is 24.3 Å². The molecule has 1 heterocycles. The molecule has 0 radical (unpaired) electrons. The Morgan fingerprint density at radius 2 is 1.68 bits per heavy atom. The second-order valence-electron chi connectivity index (χ2n) is 7.03. The summed E-state index contributed by atoms with van der Waals surface area (Å²) >= 11 is 0. The molecular formula is C21H21F3N2O2. The Morgan fingerprint density at radius 3 is 2.25 bits per heavy atom. The zero-order chi connectivity index (χ0) is 20.6. The van der Waals surface area contributed by atoms with Crippen LogP contribution >= 0.6 is 0 Å². The SMILES string of the molecule is Cc1ccc(N2CCN(C(=O)c3ccc(C(F)(F)F)cc3)[C@H](C)C2=O)c(C)c1. The van der Waals surface area contributed by atoms with Crippen LogP contribution in [-0.2, 0) is 11.0 Å². The number of benzene rings is 2. The summed E-state index contributed by atoms with van der Waals surface area (Å²) in [6.45, 7) is 6.18. The van der Waals surface area contributed by atoms with Gasteiger partial charge in [0.1, 0.15) is 6.04 Å². The zero-order valence-corrected chi connectivity index (χ0v) is 15.9. The Balaban J connectivity index is 1.79. The van der Waals surface area contributed by atoms with Gasteiger partial charge < -0.3 is 9.80 Å². The number of hydrogen-bond acceptors (Lipinski definition) is 2. The maximum absolute atomic E-state index is 12.9. The summed E-state index contributed by atoms with van der Waals surface area (Å²) in [4.78, 5) is 28.7. The number of nitrogens with zero attached hydrogens (tertiary/aromatic N) is 2. The van der Waals surface area contributed by atoms with Crippen LogP contribution in [0, 0.1) is 13.8 Å². The summed E-state index contributed by atoms with van der Waals surface area (Å²) in [5.74, 6) is -0.659. The van der Waals surface area contributed by atoms with E-state index in [1.54, 1.807) is 11.8 Å². The number of anilines is 1. The van der Waals surface area contributed by atoms with E-state index < -0.39 is 23.7 Å². The first-order valence-electron chi connectivity index (χ1n) is 8.96. The molecule has 148 valence electrons. The highest BCUT2D eigenvalue weighted by Crippen LogP contribution is 2.30. The first-order valence-corrected chi connectivity index (χ1v) is 8.96. The molecule has 0 spiro atoms. The Kier molecular flexibility index (Phi) is 5.19. The summed E-state index contributed by atoms with van der Waals surface area (Å²) in [7, 11) is 0. The van der Waals surface area contributed by atoms with Gasteiger partial charge >= 0.3 is 6.18 Å². The summed E-state index contributed by atoms with van der Waals surface area (Å²) in [6.07, 6.45) is -4.46. The molecule has 1 fully saturated rings. The Morgan fingerprint density at radius 1 is 1.04 bits per heavy atom. The molecule has 0 bridgehead atoms. The van der Waals surface area contributed by atoms with Crippen LogP contribution in [0.3, 0.4) is 0 Å². The lowest BCUT2D eigenvalue weighted by Crippen LogP contribution is -2.57. The molecule has 2 aromatic carbocycles. The fourth-order valence-electron chi connectivity index (χ4n) is 3.46. The van der Waals surface area contributed by atoms with Crippen LogP contribution in [0.15, 0.2) is 42.5 Å². The predicted octanol–water partition coefficient (Wildman–Crippen LogP) is 4.20. The van der Waals surface area contributed by atoms with Crippen molar-refractivity contribution in [3.05, 3.63) is 64.7 Å². The summed E-state index contributed by atoms with van der Waals surface area (Å²) < 4.78 is 38.1. The molecule has 4 nitrogen and oxygen atoms in total. The smallest absolute Gasteiger partial charge is 0.325 e. The Hall–Kier alpha value is -2.83. The normalized spacial score (nSPS) is 17.8. The van der Waals surface area contributed by atoms with Gasteiger partial charge in [0.2, 0.25) is 5.91 Å². The maximum Gasteiger partial charge on any atom is 0.416 e. The number of amides is 2. The molecule has 2 aromatic rings. The number of carbonyl (C=O) groups excluding carboxylic acids is 2. The van der Waals surface area contributed by atoms with Crippen LogP contribution in [0.1, 0.15) is 34.0 Å². The van der Waals surface area contributed by atoms with Crippen molar-refractivity contribution in [3.8, 4) is 0 Å². The van der Waals surface area contributed by atoms with E-state index >= 15 is 0 Å². The maximum atomic E-state index is 12.9. The number of aryl methyl sites for hydroxylation is 2. The third kappa shape index (κ3) is 3.74. The lowest BCUT2D eigenvalue weighted by Gasteiger charge is -2.39. The fourth-order valence-corrected chi connectivity index (χ4v) is 3.46. The molecule has 0 aliphatic carbocycles. The zero-order valence-electron chi connectivity index (χ0n) is 15.9. The van der Waals surface area contributed by atoms with Crippen LogP contribution in [0.25, 0.3) is 0 Å². The van der Waals surface area contributed by atoms with Gasteiger partial charge in [0.05, 0.1) is 5.56 Å². The molecule has 28 heavy (non-hydrogen) atoms. The largest absolute Gasteiger partial charge is 0.416 e. The Labute approximate surface area is 161 Å². The molecule has 0 aromatic heterocycles. The average molecular weight is 390 g/mol. The van der Waals surface area contributed by atoms with E-state index in [0.29, 0.717) is 13.1 Å². The van der Waals surface area contributed by atoms with Gasteiger partial charge in [-0.05, 0) is 56.7 Å². The Bertz CT molecular complexity index is 907. The van der Waals surface area contributed by atoms with Crippen LogP contribution in [-0.4, -0.2) is 35.8 Å².